The summed E-state index contributed by atoms with van der Waals surface area (Å²) < 4.78 is 84.3. The van der Waals surface area contributed by atoms with Crippen molar-refractivity contribution in [1.29, 1.82) is 0 Å². The van der Waals surface area contributed by atoms with Gasteiger partial charge in [-0.25, -0.2) is 18.2 Å². The molecule has 1 spiro atoms. The Morgan fingerprint density at radius 2 is 1.89 bits per heavy atom. The molecule has 2 aliphatic heterocycles. The van der Waals surface area contributed by atoms with Gasteiger partial charge in [-0.1, -0.05) is 11.6 Å². The fraction of sp³-hybridized carbons (Fsp3) is 0.480. The van der Waals surface area contributed by atoms with E-state index in [-0.39, 0.29) is 66.5 Å². The van der Waals surface area contributed by atoms with Gasteiger partial charge in [-0.2, -0.15) is 13.2 Å². The van der Waals surface area contributed by atoms with E-state index >= 15 is 0 Å². The molecule has 1 amide bonds. The highest BCUT2D eigenvalue weighted by atomic mass is 35.5. The maximum Gasteiger partial charge on any atom is 0.433 e. The molecule has 1 aromatic carbocycles. The van der Waals surface area contributed by atoms with Crippen LogP contribution in [0.15, 0.2) is 29.3 Å². The molecule has 0 atom stereocenters. The Kier molecular flexibility index (Phi) is 7.06. The molecular weight excluding hydrogens is 538 g/mol. The van der Waals surface area contributed by atoms with Gasteiger partial charge in [0.05, 0.1) is 12.3 Å². The number of pyridine rings is 1. The number of nitrogens with zero attached hydrogens (tertiary/aromatic N) is 3. The highest BCUT2D eigenvalue weighted by Crippen LogP contribution is 2.43. The van der Waals surface area contributed by atoms with E-state index in [2.05, 4.69) is 15.3 Å². The van der Waals surface area contributed by atoms with Crippen molar-refractivity contribution in [2.45, 2.75) is 56.3 Å². The van der Waals surface area contributed by atoms with Crippen molar-refractivity contribution in [3.05, 3.63) is 57.6 Å². The maximum absolute atomic E-state index is 14.7. The van der Waals surface area contributed by atoms with E-state index < -0.39 is 36.3 Å². The summed E-state index contributed by atoms with van der Waals surface area (Å²) in [4.78, 5) is 23.4. The van der Waals surface area contributed by atoms with Crippen LogP contribution in [0, 0.1) is 5.82 Å². The summed E-state index contributed by atoms with van der Waals surface area (Å²) in [5.41, 5.74) is -1.02. The number of amides is 1. The van der Waals surface area contributed by atoms with Crippen LogP contribution < -0.4 is 10.2 Å². The van der Waals surface area contributed by atoms with Gasteiger partial charge in [0.25, 0.3) is 12.3 Å². The lowest BCUT2D eigenvalue weighted by Crippen LogP contribution is -2.49. The number of aliphatic imine (C=N–C) groups is 1. The number of piperidine rings is 1. The minimum Gasteiger partial charge on any atom is -0.371 e. The van der Waals surface area contributed by atoms with Gasteiger partial charge in [-0.15, -0.1) is 0 Å². The number of ether oxygens (including phenoxy) is 1. The van der Waals surface area contributed by atoms with E-state index in [1.807, 2.05) is 0 Å². The standard InChI is InChI=1S/C25H23ClF6N4O2/c26-14-9-17(27)16(11-38-12-20(28)29)18(10-14)36-7-5-24(6-8-36)23(37)34-22(35-24)15-3-4-19(25(30,31)32)33-21(15)13-1-2-13/h3-4,9-10,13,20H,1-2,5-8,11-12H2,(H,34,35,37). The molecule has 1 saturated carbocycles. The van der Waals surface area contributed by atoms with E-state index in [1.54, 1.807) is 4.90 Å². The quantitative estimate of drug-likeness (QED) is 0.456. The molecule has 13 heteroatoms. The maximum atomic E-state index is 14.7. The topological polar surface area (TPSA) is 66.8 Å². The van der Waals surface area contributed by atoms with Crippen LogP contribution in [0.1, 0.15) is 54.1 Å². The molecule has 38 heavy (non-hydrogen) atoms. The third kappa shape index (κ3) is 5.33. The van der Waals surface area contributed by atoms with Crippen LogP contribution in [0.4, 0.5) is 32.0 Å². The lowest BCUT2D eigenvalue weighted by molar-refractivity contribution is -0.141. The van der Waals surface area contributed by atoms with Crippen LogP contribution in [0.5, 0.6) is 0 Å². The number of hydrogen-bond donors (Lipinski definition) is 1. The molecule has 3 aliphatic rings. The van der Waals surface area contributed by atoms with E-state index in [9.17, 15) is 31.1 Å². The lowest BCUT2D eigenvalue weighted by atomic mass is 9.87. The van der Waals surface area contributed by atoms with Crippen LogP contribution in [-0.2, 0) is 22.3 Å². The van der Waals surface area contributed by atoms with Crippen LogP contribution in [0.25, 0.3) is 0 Å². The predicted molar refractivity (Wildman–Crippen MR) is 127 cm³/mol. The Labute approximate surface area is 219 Å². The molecule has 2 fully saturated rings. The van der Waals surface area contributed by atoms with Crippen LogP contribution in [0.3, 0.4) is 0 Å². The molecular formula is C25H23ClF6N4O2. The first kappa shape index (κ1) is 26.7. The smallest absolute Gasteiger partial charge is 0.371 e. The molecule has 1 aromatic heterocycles. The highest BCUT2D eigenvalue weighted by Gasteiger charge is 2.47. The minimum atomic E-state index is -4.58. The summed E-state index contributed by atoms with van der Waals surface area (Å²) in [6, 6.07) is 4.78. The number of nitrogens with one attached hydrogen (secondary N) is 1. The van der Waals surface area contributed by atoms with Crippen molar-refractivity contribution in [2.24, 2.45) is 4.99 Å². The molecule has 1 saturated heterocycles. The summed E-state index contributed by atoms with van der Waals surface area (Å²) in [6.07, 6.45) is -5.39. The van der Waals surface area contributed by atoms with Gasteiger partial charge >= 0.3 is 6.18 Å². The molecule has 0 bridgehead atoms. The van der Waals surface area contributed by atoms with Gasteiger partial charge in [0.1, 0.15) is 29.5 Å². The Hall–Kier alpha value is -2.86. The summed E-state index contributed by atoms with van der Waals surface area (Å²) in [7, 11) is 0. The second kappa shape index (κ2) is 10.0. The summed E-state index contributed by atoms with van der Waals surface area (Å²) in [5.74, 6) is -0.981. The Morgan fingerprint density at radius 3 is 2.53 bits per heavy atom. The van der Waals surface area contributed by atoms with Gasteiger partial charge in [-0.05, 0) is 49.9 Å². The van der Waals surface area contributed by atoms with Crippen molar-refractivity contribution in [3.63, 3.8) is 0 Å². The molecule has 1 aliphatic carbocycles. The minimum absolute atomic E-state index is 0.0796. The van der Waals surface area contributed by atoms with E-state index in [0.29, 0.717) is 24.1 Å². The fourth-order valence-electron chi connectivity index (χ4n) is 4.87. The molecule has 0 unspecified atom stereocenters. The van der Waals surface area contributed by atoms with Crippen molar-refractivity contribution >= 4 is 29.0 Å². The zero-order valence-electron chi connectivity index (χ0n) is 19.9. The van der Waals surface area contributed by atoms with Gasteiger partial charge in [0.15, 0.2) is 0 Å². The molecule has 6 nitrogen and oxygen atoms in total. The molecule has 2 aromatic rings. The van der Waals surface area contributed by atoms with Crippen molar-refractivity contribution in [3.8, 4) is 0 Å². The summed E-state index contributed by atoms with van der Waals surface area (Å²) in [5, 5.41) is 2.86. The number of hydrogen-bond acceptors (Lipinski definition) is 5. The molecule has 0 radical (unpaired) electrons. The number of carbonyl (C=O) groups is 1. The fourth-order valence-corrected chi connectivity index (χ4v) is 5.07. The first-order valence-corrected chi connectivity index (χ1v) is 12.4. The molecule has 3 heterocycles. The first-order chi connectivity index (χ1) is 18.0. The van der Waals surface area contributed by atoms with Crippen molar-refractivity contribution in [2.75, 3.05) is 24.6 Å². The van der Waals surface area contributed by atoms with Crippen molar-refractivity contribution in [1.82, 2.24) is 10.3 Å². The molecule has 5 rings (SSSR count). The molecule has 1 N–H and O–H groups in total. The third-order valence-corrected chi connectivity index (χ3v) is 7.19. The van der Waals surface area contributed by atoms with Gasteiger partial charge in [0, 0.05) is 40.8 Å². The summed E-state index contributed by atoms with van der Waals surface area (Å²) >= 11 is 6.05. The lowest BCUT2D eigenvalue weighted by Gasteiger charge is -2.37. The number of aromatic nitrogens is 1. The predicted octanol–water partition coefficient (Wildman–Crippen LogP) is 5.47. The Morgan fingerprint density at radius 1 is 1.18 bits per heavy atom. The number of benzene rings is 1. The van der Waals surface area contributed by atoms with Crippen LogP contribution in [-0.4, -0.2) is 48.4 Å². The van der Waals surface area contributed by atoms with Crippen molar-refractivity contribution < 1.29 is 35.9 Å². The van der Waals surface area contributed by atoms with E-state index in [4.69, 9.17) is 16.3 Å². The Balaban J connectivity index is 1.37. The number of rotatable bonds is 7. The van der Waals surface area contributed by atoms with E-state index in [1.165, 1.54) is 12.1 Å². The van der Waals surface area contributed by atoms with Crippen LogP contribution >= 0.6 is 11.6 Å². The normalized spacial score (nSPS) is 19.3. The average Bonchev–Trinajstić information content (AvgIpc) is 3.65. The average molecular weight is 561 g/mol. The SMILES string of the molecule is O=C1NC(c2ccc(C(F)(F)F)nc2C2CC2)=NC12CCN(c1cc(Cl)cc(F)c1COCC(F)F)CC2. The number of halogens is 7. The number of anilines is 1. The van der Waals surface area contributed by atoms with Gasteiger partial charge < -0.3 is 15.0 Å². The number of carbonyl (C=O) groups excluding carboxylic acids is 1. The molecule has 204 valence electrons. The zero-order valence-corrected chi connectivity index (χ0v) is 20.7. The Bertz CT molecular complexity index is 1270. The highest BCUT2D eigenvalue weighted by molar-refractivity contribution is 6.30. The third-order valence-electron chi connectivity index (χ3n) is 6.97. The summed E-state index contributed by atoms with van der Waals surface area (Å²) in [6.45, 7) is -0.680. The van der Waals surface area contributed by atoms with Gasteiger partial charge in [-0.3, -0.25) is 9.79 Å². The monoisotopic (exact) mass is 560 g/mol. The largest absolute Gasteiger partial charge is 0.433 e. The number of alkyl halides is 5. The van der Waals surface area contributed by atoms with Crippen LogP contribution in [0.2, 0.25) is 5.02 Å². The zero-order chi connectivity index (χ0) is 27.2. The van der Waals surface area contributed by atoms with Gasteiger partial charge in [0.2, 0.25) is 0 Å². The second-order valence-corrected chi connectivity index (χ2v) is 10.1. The first-order valence-electron chi connectivity index (χ1n) is 12.1. The van der Waals surface area contributed by atoms with E-state index in [0.717, 1.165) is 12.1 Å². The second-order valence-electron chi connectivity index (χ2n) is 9.63. The number of amidine groups is 1.